The molecule has 1 N–H and O–H groups in total. The molecule has 1 heterocycles. The summed E-state index contributed by atoms with van der Waals surface area (Å²) in [6, 6.07) is 5.54. The average Bonchev–Trinajstić information content (AvgIpc) is 2.31. The molecule has 1 aromatic carbocycles. The highest BCUT2D eigenvalue weighted by Crippen LogP contribution is 2.11. The van der Waals surface area contributed by atoms with Gasteiger partial charge in [0.25, 0.3) is 5.91 Å². The van der Waals surface area contributed by atoms with Gasteiger partial charge in [-0.05, 0) is 39.8 Å². The molecule has 1 amide bonds. The molecule has 0 unspecified atom stereocenters. The van der Waals surface area contributed by atoms with Crippen LogP contribution in [0.15, 0.2) is 23.0 Å². The van der Waals surface area contributed by atoms with Crippen LogP contribution in [0.25, 0.3) is 10.9 Å². The molecule has 106 valence electrons. The van der Waals surface area contributed by atoms with Gasteiger partial charge in [0.15, 0.2) is 5.69 Å². The first-order chi connectivity index (χ1) is 9.19. The minimum Gasteiger partial charge on any atom is -0.346 e. The van der Waals surface area contributed by atoms with Gasteiger partial charge in [0.05, 0.1) is 10.9 Å². The normalized spacial score (nSPS) is 11.7. The van der Waals surface area contributed by atoms with Crippen LogP contribution in [-0.2, 0) is 7.05 Å². The second-order valence-corrected chi connectivity index (χ2v) is 6.03. The summed E-state index contributed by atoms with van der Waals surface area (Å²) in [7, 11) is 1.73. The molecule has 0 radical (unpaired) electrons. The van der Waals surface area contributed by atoms with E-state index in [4.69, 9.17) is 0 Å². The van der Waals surface area contributed by atoms with Crippen molar-refractivity contribution in [2.45, 2.75) is 33.2 Å². The van der Waals surface area contributed by atoms with E-state index in [1.54, 1.807) is 17.8 Å². The Morgan fingerprint density at radius 2 is 1.95 bits per heavy atom. The predicted molar refractivity (Wildman–Crippen MR) is 78.9 cm³/mol. The van der Waals surface area contributed by atoms with E-state index >= 15 is 0 Å². The number of hydrogen-bond donors (Lipinski definition) is 1. The van der Waals surface area contributed by atoms with Gasteiger partial charge < -0.3 is 5.32 Å². The van der Waals surface area contributed by atoms with Crippen molar-refractivity contribution in [3.8, 4) is 0 Å². The van der Waals surface area contributed by atoms with Crippen molar-refractivity contribution in [2.24, 2.45) is 7.05 Å². The van der Waals surface area contributed by atoms with Crippen molar-refractivity contribution in [3.63, 3.8) is 0 Å². The first kappa shape index (κ1) is 14.2. The molecule has 0 saturated carbocycles. The van der Waals surface area contributed by atoms with Crippen LogP contribution >= 0.6 is 0 Å². The number of aryl methyl sites for hydroxylation is 2. The van der Waals surface area contributed by atoms with Crippen molar-refractivity contribution in [1.82, 2.24) is 15.1 Å². The van der Waals surface area contributed by atoms with Crippen molar-refractivity contribution >= 4 is 16.8 Å². The van der Waals surface area contributed by atoms with E-state index in [0.717, 1.165) is 5.56 Å². The van der Waals surface area contributed by atoms with Gasteiger partial charge in [0, 0.05) is 12.6 Å². The second kappa shape index (κ2) is 4.74. The molecule has 5 heteroatoms. The lowest BCUT2D eigenvalue weighted by Gasteiger charge is -2.20. The van der Waals surface area contributed by atoms with E-state index < -0.39 is 11.4 Å². The molecule has 2 aromatic rings. The molecule has 0 atom stereocenters. The van der Waals surface area contributed by atoms with E-state index in [9.17, 15) is 9.59 Å². The summed E-state index contributed by atoms with van der Waals surface area (Å²) in [4.78, 5) is 24.6. The smallest absolute Gasteiger partial charge is 0.276 e. The number of nitrogens with zero attached hydrogens (tertiary/aromatic N) is 2. The number of carbonyl (C=O) groups excluding carboxylic acids is 1. The Bertz CT molecular complexity index is 739. The lowest BCUT2D eigenvalue weighted by atomic mass is 10.1. The molecule has 0 aliphatic carbocycles. The third-order valence-electron chi connectivity index (χ3n) is 2.91. The average molecular weight is 273 g/mol. The standard InChI is InChI=1S/C15H19N3O2/c1-9-6-7-11-10(8-9)13(19)12(17-18(11)5)14(20)16-15(2,3)4/h6-8H,1-5H3,(H,16,20). The topological polar surface area (TPSA) is 64.0 Å². The van der Waals surface area contributed by atoms with Gasteiger partial charge in [-0.25, -0.2) is 0 Å². The third-order valence-corrected chi connectivity index (χ3v) is 2.91. The molecule has 20 heavy (non-hydrogen) atoms. The zero-order valence-electron chi connectivity index (χ0n) is 12.4. The number of fused-ring (bicyclic) bond motifs is 1. The number of nitrogens with one attached hydrogen (secondary N) is 1. The fraction of sp³-hybridized carbons (Fsp3) is 0.400. The van der Waals surface area contributed by atoms with Crippen molar-refractivity contribution in [1.29, 1.82) is 0 Å². The highest BCUT2D eigenvalue weighted by Gasteiger charge is 2.21. The molecule has 2 rings (SSSR count). The van der Waals surface area contributed by atoms with E-state index in [0.29, 0.717) is 10.9 Å². The number of aromatic nitrogens is 2. The monoisotopic (exact) mass is 273 g/mol. The Morgan fingerprint density at radius 3 is 2.55 bits per heavy atom. The minimum absolute atomic E-state index is 0.0690. The molecule has 1 aromatic heterocycles. The third kappa shape index (κ3) is 2.71. The molecule has 0 saturated heterocycles. The van der Waals surface area contributed by atoms with Gasteiger partial charge in [-0.1, -0.05) is 11.6 Å². The van der Waals surface area contributed by atoms with Gasteiger partial charge >= 0.3 is 0 Å². The largest absolute Gasteiger partial charge is 0.346 e. The van der Waals surface area contributed by atoms with Crippen molar-refractivity contribution < 1.29 is 4.79 Å². The Hall–Kier alpha value is -2.17. The summed E-state index contributed by atoms with van der Waals surface area (Å²) in [6.07, 6.45) is 0. The SMILES string of the molecule is Cc1ccc2c(c1)c(=O)c(C(=O)NC(C)(C)C)nn2C. The summed E-state index contributed by atoms with van der Waals surface area (Å²) in [5, 5.41) is 7.39. The summed E-state index contributed by atoms with van der Waals surface area (Å²) in [5.74, 6) is -0.443. The zero-order valence-corrected chi connectivity index (χ0v) is 12.4. The highest BCUT2D eigenvalue weighted by atomic mass is 16.2. The summed E-state index contributed by atoms with van der Waals surface area (Å²) >= 11 is 0. The van der Waals surface area contributed by atoms with Gasteiger partial charge in [0.1, 0.15) is 0 Å². The molecule has 0 spiro atoms. The maximum absolute atomic E-state index is 12.4. The number of benzene rings is 1. The lowest BCUT2D eigenvalue weighted by molar-refractivity contribution is 0.0911. The van der Waals surface area contributed by atoms with Crippen LogP contribution in [0, 0.1) is 6.92 Å². The maximum atomic E-state index is 12.4. The van der Waals surface area contributed by atoms with Crippen LogP contribution in [0.1, 0.15) is 36.8 Å². The maximum Gasteiger partial charge on any atom is 0.276 e. The molecule has 0 fully saturated rings. The molecule has 0 aliphatic heterocycles. The van der Waals surface area contributed by atoms with Crippen molar-refractivity contribution in [2.75, 3.05) is 0 Å². The van der Waals surface area contributed by atoms with Gasteiger partial charge in [0.2, 0.25) is 5.43 Å². The van der Waals surface area contributed by atoms with Crippen LogP contribution in [0.5, 0.6) is 0 Å². The summed E-state index contributed by atoms with van der Waals surface area (Å²) in [6.45, 7) is 7.50. The van der Waals surface area contributed by atoms with E-state index in [2.05, 4.69) is 10.4 Å². The molecule has 5 nitrogen and oxygen atoms in total. The quantitative estimate of drug-likeness (QED) is 0.861. The van der Waals surface area contributed by atoms with Crippen LogP contribution in [0.3, 0.4) is 0 Å². The lowest BCUT2D eigenvalue weighted by Crippen LogP contribution is -2.43. The van der Waals surface area contributed by atoms with E-state index in [1.165, 1.54) is 0 Å². The minimum atomic E-state index is -0.443. The first-order valence-corrected chi connectivity index (χ1v) is 6.49. The Labute approximate surface area is 117 Å². The number of hydrogen-bond acceptors (Lipinski definition) is 3. The fourth-order valence-corrected chi connectivity index (χ4v) is 2.04. The van der Waals surface area contributed by atoms with E-state index in [1.807, 2.05) is 39.8 Å². The predicted octanol–water partition coefficient (Wildman–Crippen LogP) is 1.77. The number of rotatable bonds is 1. The first-order valence-electron chi connectivity index (χ1n) is 6.49. The van der Waals surface area contributed by atoms with Gasteiger partial charge in [-0.3, -0.25) is 14.3 Å². The fourth-order valence-electron chi connectivity index (χ4n) is 2.04. The Kier molecular flexibility index (Phi) is 3.38. The molecular weight excluding hydrogens is 254 g/mol. The second-order valence-electron chi connectivity index (χ2n) is 6.03. The van der Waals surface area contributed by atoms with Crippen LogP contribution < -0.4 is 10.7 Å². The molecule has 0 aliphatic rings. The highest BCUT2D eigenvalue weighted by molar-refractivity contribution is 5.95. The Balaban J connectivity index is 2.64. The van der Waals surface area contributed by atoms with Gasteiger partial charge in [-0.15, -0.1) is 0 Å². The molecular formula is C15H19N3O2. The van der Waals surface area contributed by atoms with Gasteiger partial charge in [-0.2, -0.15) is 5.10 Å². The van der Waals surface area contributed by atoms with Crippen molar-refractivity contribution in [3.05, 3.63) is 39.7 Å². The van der Waals surface area contributed by atoms with Crippen LogP contribution in [-0.4, -0.2) is 21.2 Å². The molecule has 0 bridgehead atoms. The zero-order chi connectivity index (χ0) is 15.1. The van der Waals surface area contributed by atoms with Crippen LogP contribution in [0.4, 0.5) is 0 Å². The van der Waals surface area contributed by atoms with E-state index in [-0.39, 0.29) is 11.1 Å². The number of amides is 1. The number of carbonyl (C=O) groups is 1. The Morgan fingerprint density at radius 1 is 1.30 bits per heavy atom. The summed E-state index contributed by atoms with van der Waals surface area (Å²) in [5.41, 5.74) is 0.880. The van der Waals surface area contributed by atoms with Crippen LogP contribution in [0.2, 0.25) is 0 Å². The summed E-state index contributed by atoms with van der Waals surface area (Å²) < 4.78 is 1.56.